The topological polar surface area (TPSA) is 78.1 Å². The van der Waals surface area contributed by atoms with Crippen LogP contribution in [-0.2, 0) is 22.4 Å². The van der Waals surface area contributed by atoms with E-state index in [1.807, 2.05) is 52.0 Å². The third-order valence-corrected chi connectivity index (χ3v) is 8.49. The lowest BCUT2D eigenvalue weighted by Gasteiger charge is -2.30. The van der Waals surface area contributed by atoms with Crippen molar-refractivity contribution in [2.24, 2.45) is 0 Å². The Balaban J connectivity index is 1.58. The Morgan fingerprint density at radius 1 is 1.11 bits per heavy atom. The molecule has 6 nitrogen and oxygen atoms in total. The van der Waals surface area contributed by atoms with E-state index < -0.39 is 11.8 Å². The molecule has 8 heteroatoms. The van der Waals surface area contributed by atoms with Gasteiger partial charge in [-0.25, -0.2) is 0 Å². The molecule has 0 unspecified atom stereocenters. The zero-order valence-corrected chi connectivity index (χ0v) is 22.3. The predicted octanol–water partition coefficient (Wildman–Crippen LogP) is 5.35. The van der Waals surface area contributed by atoms with Crippen LogP contribution in [0, 0.1) is 39.0 Å². The molecule has 36 heavy (non-hydrogen) atoms. The van der Waals surface area contributed by atoms with Crippen LogP contribution >= 0.6 is 23.6 Å². The standard InChI is InChI=1S/C28H26N4O2S2/c1-15-9-10-23(16(2)11-15)32-26(34)21(25(33)30-28(32)35)13-19-12-17(3)31(18(19)4)27-22(14-29)20-7-5-6-8-24(20)36-27/h9-13H,5-8H2,1-4H3,(H,30,33,35). The van der Waals surface area contributed by atoms with Gasteiger partial charge in [0.15, 0.2) is 5.11 Å². The number of aryl methyl sites for hydroxylation is 4. The molecule has 0 bridgehead atoms. The highest BCUT2D eigenvalue weighted by Crippen LogP contribution is 2.38. The van der Waals surface area contributed by atoms with E-state index in [1.54, 1.807) is 17.4 Å². The van der Waals surface area contributed by atoms with Crippen molar-refractivity contribution in [2.45, 2.75) is 53.4 Å². The van der Waals surface area contributed by atoms with E-state index in [9.17, 15) is 14.9 Å². The first kappa shape index (κ1) is 24.2. The summed E-state index contributed by atoms with van der Waals surface area (Å²) in [6.07, 6.45) is 5.83. The van der Waals surface area contributed by atoms with Gasteiger partial charge in [-0.3, -0.25) is 19.8 Å². The number of benzene rings is 1. The van der Waals surface area contributed by atoms with Crippen LogP contribution in [-0.4, -0.2) is 21.5 Å². The third-order valence-electron chi connectivity index (χ3n) is 6.93. The van der Waals surface area contributed by atoms with Gasteiger partial charge in [-0.15, -0.1) is 11.3 Å². The Morgan fingerprint density at radius 2 is 1.86 bits per heavy atom. The van der Waals surface area contributed by atoms with E-state index in [0.717, 1.165) is 64.3 Å². The number of aromatic nitrogens is 1. The van der Waals surface area contributed by atoms with Crippen LogP contribution in [0.3, 0.4) is 0 Å². The summed E-state index contributed by atoms with van der Waals surface area (Å²) in [7, 11) is 0. The van der Waals surface area contributed by atoms with Gasteiger partial charge in [-0.2, -0.15) is 5.26 Å². The number of carbonyl (C=O) groups excluding carboxylic acids is 2. The maximum absolute atomic E-state index is 13.6. The molecule has 2 aromatic heterocycles. The first-order valence-corrected chi connectivity index (χ1v) is 13.2. The highest BCUT2D eigenvalue weighted by Gasteiger charge is 2.35. The first-order chi connectivity index (χ1) is 17.2. The van der Waals surface area contributed by atoms with E-state index in [2.05, 4.69) is 16.0 Å². The van der Waals surface area contributed by atoms with Crippen LogP contribution in [0.2, 0.25) is 0 Å². The largest absolute Gasteiger partial charge is 0.308 e. The molecule has 2 amide bonds. The molecule has 0 spiro atoms. The molecule has 1 fully saturated rings. The number of rotatable bonds is 3. The van der Waals surface area contributed by atoms with E-state index >= 15 is 0 Å². The number of hydrogen-bond acceptors (Lipinski definition) is 5. The molecule has 1 aromatic carbocycles. The smallest absolute Gasteiger partial charge is 0.270 e. The van der Waals surface area contributed by atoms with E-state index in [1.165, 1.54) is 15.3 Å². The van der Waals surface area contributed by atoms with Crippen LogP contribution in [0.4, 0.5) is 5.69 Å². The second-order valence-electron chi connectivity index (χ2n) is 9.41. The SMILES string of the molecule is Cc1ccc(N2C(=O)C(=Cc3cc(C)n(-c4sc5c(c4C#N)CCCC5)c3C)C(=O)NC2=S)c(C)c1. The minimum atomic E-state index is -0.514. The lowest BCUT2D eigenvalue weighted by atomic mass is 9.96. The number of thiocarbonyl (C=S) groups is 1. The molecule has 1 N–H and O–H groups in total. The van der Waals surface area contributed by atoms with Gasteiger partial charge in [-0.1, -0.05) is 17.7 Å². The quantitative estimate of drug-likeness (QED) is 0.290. The van der Waals surface area contributed by atoms with E-state index in [4.69, 9.17) is 12.2 Å². The molecule has 0 radical (unpaired) electrons. The predicted molar refractivity (Wildman–Crippen MR) is 147 cm³/mol. The van der Waals surface area contributed by atoms with Gasteiger partial charge in [0.1, 0.15) is 16.6 Å². The van der Waals surface area contributed by atoms with Crippen molar-refractivity contribution in [2.75, 3.05) is 4.90 Å². The van der Waals surface area contributed by atoms with Crippen molar-refractivity contribution in [3.8, 4) is 11.1 Å². The maximum Gasteiger partial charge on any atom is 0.270 e. The summed E-state index contributed by atoms with van der Waals surface area (Å²) in [6, 6.07) is 10.1. The minimum Gasteiger partial charge on any atom is -0.308 e. The monoisotopic (exact) mass is 514 g/mol. The maximum atomic E-state index is 13.6. The molecule has 1 saturated heterocycles. The van der Waals surface area contributed by atoms with Gasteiger partial charge >= 0.3 is 0 Å². The summed E-state index contributed by atoms with van der Waals surface area (Å²) in [4.78, 5) is 29.1. The summed E-state index contributed by atoms with van der Waals surface area (Å²) in [5, 5.41) is 13.6. The first-order valence-electron chi connectivity index (χ1n) is 11.9. The van der Waals surface area contributed by atoms with E-state index in [0.29, 0.717) is 5.69 Å². The fraction of sp³-hybridized carbons (Fsp3) is 0.286. The number of nitrogens with zero attached hydrogens (tertiary/aromatic N) is 3. The molecule has 0 saturated carbocycles. The fourth-order valence-electron chi connectivity index (χ4n) is 5.16. The average molecular weight is 515 g/mol. The van der Waals surface area contributed by atoms with Crippen molar-refractivity contribution in [1.82, 2.24) is 9.88 Å². The summed E-state index contributed by atoms with van der Waals surface area (Å²) in [5.74, 6) is -0.968. The van der Waals surface area contributed by atoms with Gasteiger partial charge in [-0.05, 0) is 100 Å². The van der Waals surface area contributed by atoms with Crippen molar-refractivity contribution >= 4 is 52.2 Å². The Hall–Kier alpha value is -3.54. The molecule has 0 atom stereocenters. The normalized spacial score (nSPS) is 16.8. The number of fused-ring (bicyclic) bond motifs is 1. The zero-order chi connectivity index (χ0) is 25.7. The van der Waals surface area contributed by atoms with E-state index in [-0.39, 0.29) is 10.7 Å². The summed E-state index contributed by atoms with van der Waals surface area (Å²) < 4.78 is 2.08. The third kappa shape index (κ3) is 3.89. The highest BCUT2D eigenvalue weighted by atomic mass is 32.1. The van der Waals surface area contributed by atoms with Gasteiger partial charge < -0.3 is 4.57 Å². The summed E-state index contributed by atoms with van der Waals surface area (Å²) in [5.41, 5.74) is 7.14. The number of thiophene rings is 1. The molecule has 3 aromatic rings. The molecular formula is C28H26N4O2S2. The summed E-state index contributed by atoms with van der Waals surface area (Å²) in [6.45, 7) is 7.84. The number of hydrogen-bond donors (Lipinski definition) is 1. The number of anilines is 1. The Kier molecular flexibility index (Phi) is 6.15. The van der Waals surface area contributed by atoms with Gasteiger partial charge in [0.2, 0.25) is 0 Å². The molecule has 2 aliphatic rings. The van der Waals surface area contributed by atoms with Crippen LogP contribution in [0.1, 0.15) is 56.9 Å². The number of nitrogens with one attached hydrogen (secondary N) is 1. The van der Waals surface area contributed by atoms with Crippen LogP contribution in [0.5, 0.6) is 0 Å². The number of nitriles is 1. The zero-order valence-electron chi connectivity index (χ0n) is 20.7. The summed E-state index contributed by atoms with van der Waals surface area (Å²) >= 11 is 7.05. The number of amides is 2. The van der Waals surface area contributed by atoms with Gasteiger partial charge in [0, 0.05) is 16.3 Å². The molecule has 1 aliphatic carbocycles. The van der Waals surface area contributed by atoms with Crippen LogP contribution in [0.25, 0.3) is 11.1 Å². The fourth-order valence-corrected chi connectivity index (χ4v) is 6.88. The second kappa shape index (κ2) is 9.16. The van der Waals surface area contributed by atoms with Crippen molar-refractivity contribution < 1.29 is 9.59 Å². The second-order valence-corrected chi connectivity index (χ2v) is 10.9. The molecule has 182 valence electrons. The van der Waals surface area contributed by atoms with Gasteiger partial charge in [0.05, 0.1) is 11.3 Å². The lowest BCUT2D eigenvalue weighted by Crippen LogP contribution is -2.54. The van der Waals surface area contributed by atoms with Crippen LogP contribution < -0.4 is 10.2 Å². The van der Waals surface area contributed by atoms with Crippen molar-refractivity contribution in [3.05, 3.63) is 73.9 Å². The Morgan fingerprint density at radius 3 is 2.58 bits per heavy atom. The Labute approximate surface area is 219 Å². The lowest BCUT2D eigenvalue weighted by molar-refractivity contribution is -0.122. The highest BCUT2D eigenvalue weighted by molar-refractivity contribution is 7.80. The minimum absolute atomic E-state index is 0.0230. The van der Waals surface area contributed by atoms with Gasteiger partial charge in [0.25, 0.3) is 11.8 Å². The molecule has 3 heterocycles. The average Bonchev–Trinajstić information content (AvgIpc) is 3.33. The molecule has 5 rings (SSSR count). The molecular weight excluding hydrogens is 488 g/mol. The van der Waals surface area contributed by atoms with Crippen LogP contribution in [0.15, 0.2) is 29.8 Å². The molecule has 1 aliphatic heterocycles. The van der Waals surface area contributed by atoms with Crippen molar-refractivity contribution in [3.63, 3.8) is 0 Å². The Bertz CT molecular complexity index is 1530. The van der Waals surface area contributed by atoms with Crippen molar-refractivity contribution in [1.29, 1.82) is 5.26 Å². The number of carbonyl (C=O) groups is 2.